The topological polar surface area (TPSA) is 35.2 Å². The van der Waals surface area contributed by atoms with Crippen molar-refractivity contribution in [2.45, 2.75) is 33.2 Å². The maximum Gasteiger partial charge on any atom is 0.127 e. The molecule has 2 nitrogen and oxygen atoms in total. The number of methoxy groups -OCH3 is 1. The number of hydrogen-bond acceptors (Lipinski definition) is 2. The van der Waals surface area contributed by atoms with E-state index in [1.807, 2.05) is 20.8 Å². The van der Waals surface area contributed by atoms with Gasteiger partial charge in [0, 0.05) is 15.6 Å². The van der Waals surface area contributed by atoms with Crippen molar-refractivity contribution < 1.29 is 4.74 Å². The maximum atomic E-state index is 6.16. The number of hydrogen-bond donors (Lipinski definition) is 1. The fraction of sp³-hybridized carbons (Fsp3) is 0.500. The van der Waals surface area contributed by atoms with Crippen LogP contribution in [0, 0.1) is 13.8 Å². The van der Waals surface area contributed by atoms with E-state index in [4.69, 9.17) is 10.5 Å². The van der Waals surface area contributed by atoms with Crippen molar-refractivity contribution in [3.8, 4) is 5.75 Å². The highest BCUT2D eigenvalue weighted by molar-refractivity contribution is 9.10. The molecule has 0 saturated carbocycles. The van der Waals surface area contributed by atoms with E-state index in [1.54, 1.807) is 7.11 Å². The minimum absolute atomic E-state index is 0.416. The Morgan fingerprint density at radius 3 is 2.20 bits per heavy atom. The predicted molar refractivity (Wildman–Crippen MR) is 67.4 cm³/mol. The van der Waals surface area contributed by atoms with Gasteiger partial charge >= 0.3 is 0 Å². The predicted octanol–water partition coefficient (Wildman–Crippen LogP) is 3.27. The van der Waals surface area contributed by atoms with Crippen molar-refractivity contribution in [3.05, 3.63) is 27.2 Å². The number of benzene rings is 1. The Labute approximate surface area is 99.9 Å². The second kappa shape index (κ2) is 4.14. The van der Waals surface area contributed by atoms with Gasteiger partial charge in [0.05, 0.1) is 7.11 Å². The number of rotatable bonds is 2. The fourth-order valence-corrected chi connectivity index (χ4v) is 2.59. The van der Waals surface area contributed by atoms with Gasteiger partial charge in [-0.25, -0.2) is 0 Å². The molecule has 0 unspecified atom stereocenters. The van der Waals surface area contributed by atoms with Gasteiger partial charge in [-0.05, 0) is 38.8 Å². The Hall–Kier alpha value is -0.540. The van der Waals surface area contributed by atoms with E-state index in [9.17, 15) is 0 Å². The molecular formula is C12H18BrNO. The number of aryl methyl sites for hydroxylation is 2. The van der Waals surface area contributed by atoms with Gasteiger partial charge < -0.3 is 10.5 Å². The molecule has 0 radical (unpaired) electrons. The van der Waals surface area contributed by atoms with Crippen LogP contribution in [-0.4, -0.2) is 7.11 Å². The highest BCUT2D eigenvalue weighted by Gasteiger charge is 2.24. The normalized spacial score (nSPS) is 11.7. The summed E-state index contributed by atoms with van der Waals surface area (Å²) in [4.78, 5) is 0. The van der Waals surface area contributed by atoms with Crippen LogP contribution in [0.1, 0.15) is 30.5 Å². The van der Waals surface area contributed by atoms with Gasteiger partial charge in [0.1, 0.15) is 5.75 Å². The van der Waals surface area contributed by atoms with Crippen LogP contribution in [-0.2, 0) is 5.54 Å². The molecule has 0 bridgehead atoms. The Morgan fingerprint density at radius 1 is 1.27 bits per heavy atom. The SMILES string of the molecule is COc1c(C)cc(C)c(Br)c1C(C)(C)N. The monoisotopic (exact) mass is 271 g/mol. The van der Waals surface area contributed by atoms with Gasteiger partial charge in [-0.15, -0.1) is 0 Å². The molecule has 0 spiro atoms. The first-order chi connectivity index (χ1) is 6.79. The lowest BCUT2D eigenvalue weighted by molar-refractivity contribution is 0.390. The lowest BCUT2D eigenvalue weighted by Crippen LogP contribution is -2.30. The van der Waals surface area contributed by atoms with Crippen molar-refractivity contribution in [1.29, 1.82) is 0 Å². The van der Waals surface area contributed by atoms with Crippen molar-refractivity contribution in [2.24, 2.45) is 5.73 Å². The Kier molecular flexibility index (Phi) is 3.46. The summed E-state index contributed by atoms with van der Waals surface area (Å²) in [6.45, 7) is 8.06. The summed E-state index contributed by atoms with van der Waals surface area (Å²) in [5, 5.41) is 0. The summed E-state index contributed by atoms with van der Waals surface area (Å²) in [6.07, 6.45) is 0. The molecule has 84 valence electrons. The molecule has 0 aliphatic rings. The van der Waals surface area contributed by atoms with E-state index in [0.29, 0.717) is 0 Å². The Balaban J connectivity index is 3.59. The minimum Gasteiger partial charge on any atom is -0.496 e. The van der Waals surface area contributed by atoms with Crippen molar-refractivity contribution in [1.82, 2.24) is 0 Å². The first kappa shape index (κ1) is 12.5. The third-order valence-corrected chi connectivity index (χ3v) is 3.45. The molecule has 0 saturated heterocycles. The van der Waals surface area contributed by atoms with Gasteiger partial charge in [-0.3, -0.25) is 0 Å². The van der Waals surface area contributed by atoms with Crippen LogP contribution in [0.3, 0.4) is 0 Å². The molecule has 0 amide bonds. The summed E-state index contributed by atoms with van der Waals surface area (Å²) in [6, 6.07) is 2.10. The van der Waals surface area contributed by atoms with E-state index < -0.39 is 5.54 Å². The highest BCUT2D eigenvalue weighted by Crippen LogP contribution is 2.38. The molecule has 0 aliphatic heterocycles. The average molecular weight is 272 g/mol. The van der Waals surface area contributed by atoms with Crippen molar-refractivity contribution in [3.63, 3.8) is 0 Å². The first-order valence-corrected chi connectivity index (χ1v) is 5.71. The zero-order valence-corrected chi connectivity index (χ0v) is 11.5. The third-order valence-electron chi connectivity index (χ3n) is 2.43. The third kappa shape index (κ3) is 2.34. The molecule has 15 heavy (non-hydrogen) atoms. The van der Waals surface area contributed by atoms with Crippen LogP contribution >= 0.6 is 15.9 Å². The van der Waals surface area contributed by atoms with E-state index in [0.717, 1.165) is 21.3 Å². The van der Waals surface area contributed by atoms with E-state index in [-0.39, 0.29) is 0 Å². The Bertz CT molecular complexity index is 380. The molecule has 2 N–H and O–H groups in total. The molecule has 0 atom stereocenters. The molecule has 0 fully saturated rings. The molecule has 0 heterocycles. The van der Waals surface area contributed by atoms with Crippen LogP contribution in [0.5, 0.6) is 5.75 Å². The standard InChI is InChI=1S/C12H18BrNO/c1-7-6-8(2)11(15-5)9(10(7)13)12(3,4)14/h6H,14H2,1-5H3. The summed E-state index contributed by atoms with van der Waals surface area (Å²) < 4.78 is 6.47. The average Bonchev–Trinajstić information content (AvgIpc) is 2.08. The minimum atomic E-state index is -0.416. The molecule has 1 aromatic rings. The number of halogens is 1. The summed E-state index contributed by atoms with van der Waals surface area (Å²) >= 11 is 3.58. The molecule has 1 rings (SSSR count). The molecule has 0 aliphatic carbocycles. The van der Waals surface area contributed by atoms with Gasteiger partial charge in [0.2, 0.25) is 0 Å². The van der Waals surface area contributed by atoms with E-state index >= 15 is 0 Å². The maximum absolute atomic E-state index is 6.16. The second-order valence-electron chi connectivity index (χ2n) is 4.45. The zero-order chi connectivity index (χ0) is 11.8. The summed E-state index contributed by atoms with van der Waals surface area (Å²) in [5.74, 6) is 0.875. The smallest absolute Gasteiger partial charge is 0.127 e. The van der Waals surface area contributed by atoms with Crippen LogP contribution in [0.15, 0.2) is 10.5 Å². The molecule has 0 aromatic heterocycles. The van der Waals surface area contributed by atoms with Gasteiger partial charge in [-0.2, -0.15) is 0 Å². The highest BCUT2D eigenvalue weighted by atomic mass is 79.9. The number of ether oxygens (including phenoxy) is 1. The zero-order valence-electron chi connectivity index (χ0n) is 9.94. The van der Waals surface area contributed by atoms with E-state index in [1.165, 1.54) is 5.56 Å². The van der Waals surface area contributed by atoms with Crippen LogP contribution in [0.4, 0.5) is 0 Å². The second-order valence-corrected chi connectivity index (χ2v) is 5.25. The summed E-state index contributed by atoms with van der Waals surface area (Å²) in [5.41, 5.74) is 9.08. The Morgan fingerprint density at radius 2 is 1.80 bits per heavy atom. The molecule has 1 aromatic carbocycles. The van der Waals surface area contributed by atoms with Crippen molar-refractivity contribution in [2.75, 3.05) is 7.11 Å². The lowest BCUT2D eigenvalue weighted by Gasteiger charge is -2.26. The first-order valence-electron chi connectivity index (χ1n) is 4.92. The quantitative estimate of drug-likeness (QED) is 0.896. The number of nitrogens with two attached hydrogens (primary N) is 1. The van der Waals surface area contributed by atoms with Crippen LogP contribution < -0.4 is 10.5 Å². The van der Waals surface area contributed by atoms with E-state index in [2.05, 4.69) is 28.9 Å². The van der Waals surface area contributed by atoms with Crippen molar-refractivity contribution >= 4 is 15.9 Å². The van der Waals surface area contributed by atoms with Gasteiger partial charge in [0.15, 0.2) is 0 Å². The molecular weight excluding hydrogens is 254 g/mol. The van der Waals surface area contributed by atoms with Crippen LogP contribution in [0.25, 0.3) is 0 Å². The summed E-state index contributed by atoms with van der Waals surface area (Å²) in [7, 11) is 1.68. The molecule has 3 heteroatoms. The largest absolute Gasteiger partial charge is 0.496 e. The fourth-order valence-electron chi connectivity index (χ4n) is 1.79. The van der Waals surface area contributed by atoms with Gasteiger partial charge in [0.25, 0.3) is 0 Å². The van der Waals surface area contributed by atoms with Gasteiger partial charge in [-0.1, -0.05) is 22.0 Å². The lowest BCUT2D eigenvalue weighted by atomic mass is 9.91. The van der Waals surface area contributed by atoms with Crippen LogP contribution in [0.2, 0.25) is 0 Å².